The summed E-state index contributed by atoms with van der Waals surface area (Å²) in [4.78, 5) is 35.6. The lowest BCUT2D eigenvalue weighted by atomic mass is 10.2. The number of nitrogens with one attached hydrogen (secondary N) is 1. The van der Waals surface area contributed by atoms with Gasteiger partial charge in [-0.1, -0.05) is 6.08 Å². The first-order valence-corrected chi connectivity index (χ1v) is 4.32. The molecule has 0 fully saturated rings. The normalized spacial score (nSPS) is 20.5. The van der Waals surface area contributed by atoms with E-state index in [1.165, 1.54) is 12.3 Å². The van der Waals surface area contributed by atoms with E-state index >= 15 is 0 Å². The molecule has 0 aromatic carbocycles. The van der Waals surface area contributed by atoms with Crippen LogP contribution in [0, 0.1) is 0 Å². The molecular weight excluding hydrogens is 200 g/mol. The summed E-state index contributed by atoms with van der Waals surface area (Å²) in [5.41, 5.74) is -1.16. The Morgan fingerprint density at radius 2 is 2.20 bits per heavy atom. The van der Waals surface area contributed by atoms with Gasteiger partial charge < -0.3 is 4.74 Å². The number of aromatic nitrogens is 2. The number of carbonyl (C=O) groups is 1. The molecule has 0 aliphatic carbocycles. The Morgan fingerprint density at radius 3 is 2.87 bits per heavy atom. The summed E-state index contributed by atoms with van der Waals surface area (Å²) in [6, 6.07) is 1.16. The Kier molecular flexibility index (Phi) is 2.34. The minimum atomic E-state index is -0.973. The molecule has 0 unspecified atom stereocenters. The van der Waals surface area contributed by atoms with E-state index in [-0.39, 0.29) is 12.4 Å². The van der Waals surface area contributed by atoms with Crippen molar-refractivity contribution in [3.63, 3.8) is 0 Å². The summed E-state index contributed by atoms with van der Waals surface area (Å²) in [7, 11) is 0. The molecule has 0 radical (unpaired) electrons. The number of rotatable bonds is 1. The van der Waals surface area contributed by atoms with Crippen LogP contribution in [0.25, 0.3) is 0 Å². The fourth-order valence-corrected chi connectivity index (χ4v) is 1.30. The molecule has 1 aliphatic heterocycles. The van der Waals surface area contributed by atoms with Crippen LogP contribution in [-0.4, -0.2) is 21.9 Å². The average Bonchev–Trinajstić information content (AvgIpc) is 2.20. The highest BCUT2D eigenvalue weighted by molar-refractivity contribution is 5.92. The number of nitrogens with zero attached hydrogens (tertiary/aromatic N) is 1. The molecule has 78 valence electrons. The van der Waals surface area contributed by atoms with Gasteiger partial charge in [-0.15, -0.1) is 0 Å². The van der Waals surface area contributed by atoms with Crippen molar-refractivity contribution in [2.24, 2.45) is 0 Å². The molecule has 0 saturated heterocycles. The Balaban J connectivity index is 2.46. The van der Waals surface area contributed by atoms with Gasteiger partial charge in [-0.2, -0.15) is 0 Å². The molecule has 1 aromatic rings. The van der Waals surface area contributed by atoms with Crippen molar-refractivity contribution < 1.29 is 9.53 Å². The van der Waals surface area contributed by atoms with Gasteiger partial charge in [-0.25, -0.2) is 4.79 Å². The molecule has 0 bridgehead atoms. The minimum absolute atomic E-state index is 0.266. The zero-order valence-corrected chi connectivity index (χ0v) is 7.67. The van der Waals surface area contributed by atoms with Gasteiger partial charge in [-0.05, 0) is 6.08 Å². The number of hydrogen-bond acceptors (Lipinski definition) is 4. The Labute approximate surface area is 83.8 Å². The van der Waals surface area contributed by atoms with Gasteiger partial charge in [0, 0.05) is 12.3 Å². The van der Waals surface area contributed by atoms with Crippen molar-refractivity contribution in [1.82, 2.24) is 9.55 Å². The van der Waals surface area contributed by atoms with E-state index in [0.717, 1.165) is 10.6 Å². The lowest BCUT2D eigenvalue weighted by molar-refractivity contribution is -0.132. The Bertz CT molecular complexity index is 525. The largest absolute Gasteiger partial charge is 0.346 e. The molecule has 0 amide bonds. The fraction of sp³-hybridized carbons (Fsp3) is 0.222. The number of H-pyrrole nitrogens is 1. The predicted octanol–water partition coefficient (Wildman–Crippen LogP) is -0.809. The molecule has 6 heteroatoms. The van der Waals surface area contributed by atoms with Crippen LogP contribution in [0.2, 0.25) is 0 Å². The highest BCUT2D eigenvalue weighted by Gasteiger charge is 2.22. The molecule has 1 N–H and O–H groups in total. The zero-order chi connectivity index (χ0) is 10.8. The lowest BCUT2D eigenvalue weighted by Gasteiger charge is -2.18. The van der Waals surface area contributed by atoms with E-state index in [4.69, 9.17) is 4.74 Å². The fourth-order valence-electron chi connectivity index (χ4n) is 1.30. The van der Waals surface area contributed by atoms with Crippen molar-refractivity contribution in [1.29, 1.82) is 0 Å². The second-order valence-electron chi connectivity index (χ2n) is 3.01. The van der Waals surface area contributed by atoms with Crippen molar-refractivity contribution in [3.05, 3.63) is 45.3 Å². The van der Waals surface area contributed by atoms with Crippen molar-refractivity contribution in [2.45, 2.75) is 6.23 Å². The summed E-state index contributed by atoms with van der Waals surface area (Å²) in [6.45, 7) is 0.266. The quantitative estimate of drug-likeness (QED) is 0.654. The van der Waals surface area contributed by atoms with Gasteiger partial charge in [0.2, 0.25) is 12.0 Å². The van der Waals surface area contributed by atoms with Crippen LogP contribution in [0.5, 0.6) is 0 Å². The lowest BCUT2D eigenvalue weighted by Crippen LogP contribution is -2.36. The topological polar surface area (TPSA) is 81.2 Å². The zero-order valence-electron chi connectivity index (χ0n) is 7.67. The van der Waals surface area contributed by atoms with Gasteiger partial charge in [0.25, 0.3) is 5.56 Å². The maximum atomic E-state index is 11.4. The van der Waals surface area contributed by atoms with Crippen LogP contribution in [0.15, 0.2) is 34.0 Å². The molecule has 1 aliphatic rings. The van der Waals surface area contributed by atoms with Crippen LogP contribution in [0.1, 0.15) is 6.23 Å². The van der Waals surface area contributed by atoms with Crippen LogP contribution < -0.4 is 11.2 Å². The third-order valence-corrected chi connectivity index (χ3v) is 1.98. The minimum Gasteiger partial charge on any atom is -0.346 e. The van der Waals surface area contributed by atoms with E-state index in [9.17, 15) is 14.4 Å². The summed E-state index contributed by atoms with van der Waals surface area (Å²) in [6.07, 6.45) is 3.18. The first-order valence-electron chi connectivity index (χ1n) is 4.32. The van der Waals surface area contributed by atoms with Gasteiger partial charge in [0.05, 0.1) is 6.61 Å². The van der Waals surface area contributed by atoms with Gasteiger partial charge in [0.1, 0.15) is 0 Å². The van der Waals surface area contributed by atoms with E-state index < -0.39 is 17.5 Å². The van der Waals surface area contributed by atoms with Crippen molar-refractivity contribution in [3.8, 4) is 0 Å². The molecule has 2 heterocycles. The summed E-state index contributed by atoms with van der Waals surface area (Å²) < 4.78 is 6.15. The average molecular weight is 208 g/mol. The molecule has 0 saturated carbocycles. The highest BCUT2D eigenvalue weighted by atomic mass is 16.5. The van der Waals surface area contributed by atoms with E-state index in [0.29, 0.717) is 0 Å². The smallest absolute Gasteiger partial charge is 0.330 e. The maximum absolute atomic E-state index is 11.4. The Hall–Kier alpha value is -1.95. The van der Waals surface area contributed by atoms with Crippen LogP contribution in [0.4, 0.5) is 0 Å². The third-order valence-electron chi connectivity index (χ3n) is 1.98. The molecule has 1 aromatic heterocycles. The Morgan fingerprint density at radius 1 is 1.40 bits per heavy atom. The molecule has 15 heavy (non-hydrogen) atoms. The first-order chi connectivity index (χ1) is 7.18. The maximum Gasteiger partial charge on any atom is 0.330 e. The van der Waals surface area contributed by atoms with Crippen molar-refractivity contribution >= 4 is 5.78 Å². The van der Waals surface area contributed by atoms with Gasteiger partial charge in [0.15, 0.2) is 0 Å². The van der Waals surface area contributed by atoms with Crippen LogP contribution in [-0.2, 0) is 9.53 Å². The van der Waals surface area contributed by atoms with E-state index in [2.05, 4.69) is 4.98 Å². The highest BCUT2D eigenvalue weighted by Crippen LogP contribution is 2.11. The SMILES string of the molecule is O=C1C=CCO[C@@H]1n1ccc(=O)[nH]c1=O. The molecule has 6 nitrogen and oxygen atoms in total. The first kappa shape index (κ1) is 9.60. The van der Waals surface area contributed by atoms with E-state index in [1.54, 1.807) is 6.08 Å². The number of ether oxygens (including phenoxy) is 1. The second kappa shape index (κ2) is 3.66. The molecule has 2 rings (SSSR count). The standard InChI is InChI=1S/C9H8N2O4/c12-6-2-1-5-15-8(6)11-4-3-7(13)10-9(11)14/h1-4,8H,5H2,(H,10,13,14)/t8-/m0/s1. The number of ketones is 1. The third kappa shape index (κ3) is 1.79. The number of aromatic amines is 1. The summed E-state index contributed by atoms with van der Waals surface area (Å²) in [5.74, 6) is -0.324. The number of carbonyl (C=O) groups excluding carboxylic acids is 1. The molecule has 0 spiro atoms. The summed E-state index contributed by atoms with van der Waals surface area (Å²) >= 11 is 0. The number of hydrogen-bond donors (Lipinski definition) is 1. The van der Waals surface area contributed by atoms with Gasteiger partial charge >= 0.3 is 5.69 Å². The molecular formula is C9H8N2O4. The second-order valence-corrected chi connectivity index (χ2v) is 3.01. The monoisotopic (exact) mass is 208 g/mol. The van der Waals surface area contributed by atoms with Crippen molar-refractivity contribution in [2.75, 3.05) is 6.61 Å². The van der Waals surface area contributed by atoms with Crippen LogP contribution in [0.3, 0.4) is 0 Å². The predicted molar refractivity (Wildman–Crippen MR) is 50.5 cm³/mol. The van der Waals surface area contributed by atoms with E-state index in [1.807, 2.05) is 0 Å². The molecule has 1 atom stereocenters. The van der Waals surface area contributed by atoms with Crippen LogP contribution >= 0.6 is 0 Å². The van der Waals surface area contributed by atoms with Gasteiger partial charge in [-0.3, -0.25) is 19.1 Å². The summed E-state index contributed by atoms with van der Waals surface area (Å²) in [5, 5.41) is 0.